The molecule has 4 nitrogen and oxygen atoms in total. The number of allylic oxidation sites excluding steroid dienone is 1. The second-order valence-corrected chi connectivity index (χ2v) is 7.60. The van der Waals surface area contributed by atoms with Gasteiger partial charge in [0.05, 0.1) is 0 Å². The summed E-state index contributed by atoms with van der Waals surface area (Å²) in [5.41, 5.74) is 1.04. The average Bonchev–Trinajstić information content (AvgIpc) is 2.60. The molecular formula is C19H13AsNO3. The van der Waals surface area contributed by atoms with E-state index >= 15 is 0 Å². The first-order chi connectivity index (χ1) is 11.6. The number of carboxylic acid groups (broad SMARTS) is 1. The van der Waals surface area contributed by atoms with E-state index in [1.165, 1.54) is 12.1 Å². The van der Waals surface area contributed by atoms with E-state index in [1.54, 1.807) is 36.7 Å². The van der Waals surface area contributed by atoms with Gasteiger partial charge in [-0.05, 0) is 0 Å². The Labute approximate surface area is 145 Å². The van der Waals surface area contributed by atoms with E-state index in [4.69, 9.17) is 5.11 Å². The summed E-state index contributed by atoms with van der Waals surface area (Å²) in [6, 6.07) is 14.3. The van der Waals surface area contributed by atoms with Gasteiger partial charge in [0.2, 0.25) is 0 Å². The molecular weight excluding hydrogens is 365 g/mol. The molecule has 3 rings (SSSR count). The summed E-state index contributed by atoms with van der Waals surface area (Å²) >= 11 is -0.606. The zero-order chi connectivity index (χ0) is 16.9. The van der Waals surface area contributed by atoms with Gasteiger partial charge in [-0.1, -0.05) is 0 Å². The van der Waals surface area contributed by atoms with Gasteiger partial charge in [0.15, 0.2) is 0 Å². The van der Waals surface area contributed by atoms with Gasteiger partial charge in [0.25, 0.3) is 0 Å². The third kappa shape index (κ3) is 3.97. The first kappa shape index (κ1) is 16.2. The minimum absolute atomic E-state index is 0.0852. The number of hydrogen-bond donors (Lipinski definition) is 1. The number of carboxylic acids is 1. The first-order valence-electron chi connectivity index (χ1n) is 7.23. The molecule has 0 aliphatic heterocycles. The van der Waals surface area contributed by atoms with Crippen LogP contribution in [0.15, 0.2) is 67.0 Å². The van der Waals surface area contributed by atoms with Crippen LogP contribution in [0.3, 0.4) is 0 Å². The van der Waals surface area contributed by atoms with E-state index in [2.05, 4.69) is 4.98 Å². The summed E-state index contributed by atoms with van der Waals surface area (Å²) < 4.78 is 1.13. The Morgan fingerprint density at radius 2 is 1.79 bits per heavy atom. The van der Waals surface area contributed by atoms with Crippen LogP contribution in [0.25, 0.3) is 16.8 Å². The van der Waals surface area contributed by atoms with Crippen LogP contribution in [0.5, 0.6) is 0 Å². The fraction of sp³-hybridized carbons (Fsp3) is 0. The Bertz CT molecular complexity index is 933. The Morgan fingerprint density at radius 1 is 1.00 bits per heavy atom. The number of fused-ring (bicyclic) bond motifs is 1. The van der Waals surface area contributed by atoms with E-state index in [0.717, 1.165) is 20.7 Å². The normalized spacial score (nSPS) is 11.5. The molecule has 5 heteroatoms. The van der Waals surface area contributed by atoms with E-state index in [0.29, 0.717) is 0 Å². The predicted molar refractivity (Wildman–Crippen MR) is 94.6 cm³/mol. The molecule has 0 atom stereocenters. The van der Waals surface area contributed by atoms with Crippen molar-refractivity contribution in [2.75, 3.05) is 0 Å². The molecule has 1 heterocycles. The van der Waals surface area contributed by atoms with Crippen molar-refractivity contribution in [2.45, 2.75) is 0 Å². The van der Waals surface area contributed by atoms with Crippen molar-refractivity contribution < 1.29 is 14.7 Å². The number of carbonyl (C=O) groups is 2. The van der Waals surface area contributed by atoms with Crippen molar-refractivity contribution in [1.82, 2.24) is 4.98 Å². The van der Waals surface area contributed by atoms with Crippen molar-refractivity contribution in [3.05, 3.63) is 78.1 Å². The van der Waals surface area contributed by atoms with Crippen LogP contribution < -0.4 is 4.35 Å². The summed E-state index contributed by atoms with van der Waals surface area (Å²) in [4.78, 5) is 27.0. The van der Waals surface area contributed by atoms with Crippen LogP contribution >= 0.6 is 0 Å². The van der Waals surface area contributed by atoms with Crippen molar-refractivity contribution in [2.24, 2.45) is 0 Å². The van der Waals surface area contributed by atoms with Gasteiger partial charge < -0.3 is 0 Å². The number of aromatic carboxylic acids is 1. The molecule has 1 N–H and O–H groups in total. The molecule has 24 heavy (non-hydrogen) atoms. The Morgan fingerprint density at radius 3 is 2.54 bits per heavy atom. The van der Waals surface area contributed by atoms with Crippen LogP contribution in [0, 0.1) is 0 Å². The van der Waals surface area contributed by atoms with Crippen molar-refractivity contribution in [3.63, 3.8) is 0 Å². The second kappa shape index (κ2) is 7.24. The average molecular weight is 378 g/mol. The number of aromatic nitrogens is 1. The number of rotatable bonds is 5. The molecule has 0 fully saturated rings. The SMILES string of the molecule is O=C(/C=C/c1ccc(C(=O)O)cc1)[As]c1ccc2cnccc2c1. The molecule has 0 saturated heterocycles. The number of carbonyl (C=O) groups excluding carboxylic acids is 1. The summed E-state index contributed by atoms with van der Waals surface area (Å²) in [5, 5.41) is 11.0. The van der Waals surface area contributed by atoms with E-state index < -0.39 is 21.7 Å². The number of benzene rings is 2. The number of hydrogen-bond acceptors (Lipinski definition) is 3. The van der Waals surface area contributed by atoms with Crippen molar-refractivity contribution in [3.8, 4) is 0 Å². The Kier molecular flexibility index (Phi) is 4.87. The van der Waals surface area contributed by atoms with Crippen LogP contribution in [0.2, 0.25) is 0 Å². The van der Waals surface area contributed by atoms with Gasteiger partial charge in [-0.2, -0.15) is 0 Å². The van der Waals surface area contributed by atoms with E-state index in [1.807, 2.05) is 24.3 Å². The quantitative estimate of drug-likeness (QED) is 0.547. The molecule has 117 valence electrons. The molecule has 0 amide bonds. The van der Waals surface area contributed by atoms with E-state index in [9.17, 15) is 9.59 Å². The molecule has 0 saturated carbocycles. The van der Waals surface area contributed by atoms with Crippen LogP contribution in [0.1, 0.15) is 15.9 Å². The topological polar surface area (TPSA) is 67.3 Å². The predicted octanol–water partition coefficient (Wildman–Crippen LogP) is 2.50. The second-order valence-electron chi connectivity index (χ2n) is 5.12. The van der Waals surface area contributed by atoms with E-state index in [-0.39, 0.29) is 10.1 Å². The first-order valence-corrected chi connectivity index (χ1v) is 9.10. The summed E-state index contributed by atoms with van der Waals surface area (Å²) in [6.45, 7) is 0. The number of pyridine rings is 1. The molecule has 0 bridgehead atoms. The maximum absolute atomic E-state index is 12.1. The molecule has 1 aromatic heterocycles. The van der Waals surface area contributed by atoms with Gasteiger partial charge in [0, 0.05) is 0 Å². The molecule has 2 aromatic carbocycles. The molecule has 0 aliphatic carbocycles. The minimum atomic E-state index is -0.960. The Hall–Kier alpha value is -2.71. The third-order valence-corrected chi connectivity index (χ3v) is 5.34. The van der Waals surface area contributed by atoms with Crippen molar-refractivity contribution >= 4 is 47.5 Å². The molecule has 0 aliphatic rings. The van der Waals surface area contributed by atoms with Gasteiger partial charge in [0.1, 0.15) is 0 Å². The molecule has 0 unspecified atom stereocenters. The Balaban J connectivity index is 1.68. The molecule has 0 spiro atoms. The number of nitrogens with zero attached hydrogens (tertiary/aromatic N) is 1. The van der Waals surface area contributed by atoms with Crippen LogP contribution in [-0.4, -0.2) is 36.4 Å². The molecule has 1 radical (unpaired) electrons. The van der Waals surface area contributed by atoms with Gasteiger partial charge >= 0.3 is 145 Å². The standard InChI is InChI=1S/C19H13AsNO3/c22-18(8-3-13-1-4-14(5-2-13)19(23)24)20-17-7-6-16-12-21-10-9-15(16)11-17/h1-12H,(H,23,24)/b8-3+. The third-order valence-electron chi connectivity index (χ3n) is 3.44. The fourth-order valence-corrected chi connectivity index (χ4v) is 3.80. The fourth-order valence-electron chi connectivity index (χ4n) is 2.21. The van der Waals surface area contributed by atoms with Gasteiger partial charge in [-0.25, -0.2) is 0 Å². The van der Waals surface area contributed by atoms with Gasteiger partial charge in [-0.3, -0.25) is 0 Å². The maximum atomic E-state index is 12.1. The summed E-state index contributed by atoms with van der Waals surface area (Å²) in [5.74, 6) is -0.960. The van der Waals surface area contributed by atoms with Crippen LogP contribution in [-0.2, 0) is 4.79 Å². The van der Waals surface area contributed by atoms with Crippen LogP contribution in [0.4, 0.5) is 0 Å². The zero-order valence-corrected chi connectivity index (χ0v) is 14.5. The summed E-state index contributed by atoms with van der Waals surface area (Å²) in [6.07, 6.45) is 6.82. The molecule has 3 aromatic rings. The van der Waals surface area contributed by atoms with Crippen molar-refractivity contribution in [1.29, 1.82) is 0 Å². The zero-order valence-electron chi connectivity index (χ0n) is 12.6. The van der Waals surface area contributed by atoms with Gasteiger partial charge in [-0.15, -0.1) is 0 Å². The summed E-state index contributed by atoms with van der Waals surface area (Å²) in [7, 11) is 0. The monoisotopic (exact) mass is 378 g/mol.